The molecular weight excluding hydrogens is 446 g/mol. The number of nitrogens with one attached hydrogen (secondary N) is 3. The Morgan fingerprint density at radius 2 is 1.71 bits per heavy atom. The van der Waals surface area contributed by atoms with Gasteiger partial charge in [0.05, 0.1) is 0 Å². The van der Waals surface area contributed by atoms with Crippen LogP contribution >= 0.6 is 0 Å². The highest BCUT2D eigenvalue weighted by Gasteiger charge is 2.64. The average Bonchev–Trinajstić information content (AvgIpc) is 3.33. The fraction of sp³-hybridized carbons (Fsp3) is 0.750. The molecule has 2 saturated heterocycles. The van der Waals surface area contributed by atoms with Crippen molar-refractivity contribution in [2.75, 3.05) is 18.4 Å². The highest BCUT2D eigenvalue weighted by molar-refractivity contribution is 5.93. The normalized spacial score (nSPS) is 40.6. The van der Waals surface area contributed by atoms with Crippen LogP contribution in [0.15, 0.2) is 12.1 Å². The minimum Gasteiger partial charge on any atom is -0.370 e. The molecule has 0 radical (unpaired) electrons. The lowest BCUT2D eigenvalue weighted by atomic mass is 9.40. The lowest BCUT2D eigenvalue weighted by Gasteiger charge is -2.66. The number of anilines is 1. The molecule has 5 nitrogen and oxygen atoms in total. The number of hydrogen-bond donors (Lipinski definition) is 3. The molecule has 4 atom stereocenters. The van der Waals surface area contributed by atoms with Gasteiger partial charge in [0.25, 0.3) is 0 Å². The minimum atomic E-state index is -0.869. The third-order valence-corrected chi connectivity index (χ3v) is 10.7. The fourth-order valence-corrected chi connectivity index (χ4v) is 8.76. The molecular formula is C28H38F2N4O. The first-order valence-electron chi connectivity index (χ1n) is 14.0. The molecule has 1 aromatic carbocycles. The van der Waals surface area contributed by atoms with Gasteiger partial charge in [-0.3, -0.25) is 15.6 Å². The molecule has 8 rings (SSSR count). The van der Waals surface area contributed by atoms with Gasteiger partial charge in [-0.25, -0.2) is 8.78 Å². The summed E-state index contributed by atoms with van der Waals surface area (Å²) < 4.78 is 29.0. The SMILES string of the molecule is O=C(N1CCC2NNC(C34CC(C3)C4)C2C1)C1(C2CCCCCCC2)Cc2c(F)cc(F)cc2N1. The van der Waals surface area contributed by atoms with Crippen LogP contribution in [0, 0.1) is 34.8 Å². The number of benzene rings is 1. The molecule has 4 saturated carbocycles. The molecule has 4 aliphatic carbocycles. The van der Waals surface area contributed by atoms with Crippen LogP contribution in [0.1, 0.15) is 76.2 Å². The van der Waals surface area contributed by atoms with Crippen LogP contribution < -0.4 is 16.2 Å². The van der Waals surface area contributed by atoms with Gasteiger partial charge < -0.3 is 10.2 Å². The summed E-state index contributed by atoms with van der Waals surface area (Å²) in [5.74, 6) is 0.481. The third kappa shape index (κ3) is 3.40. The number of carbonyl (C=O) groups excluding carboxylic acids is 1. The lowest BCUT2D eigenvalue weighted by molar-refractivity contribution is -0.150. The molecule has 3 N–H and O–H groups in total. The number of hydrazine groups is 1. The Labute approximate surface area is 206 Å². The van der Waals surface area contributed by atoms with E-state index in [2.05, 4.69) is 21.1 Å². The maximum Gasteiger partial charge on any atom is 0.248 e. The number of nitrogens with zero attached hydrogens (tertiary/aromatic N) is 1. The summed E-state index contributed by atoms with van der Waals surface area (Å²) in [5, 5.41) is 3.47. The molecule has 35 heavy (non-hydrogen) atoms. The second kappa shape index (κ2) is 8.14. The molecule has 2 bridgehead atoms. The summed E-state index contributed by atoms with van der Waals surface area (Å²) in [6.45, 7) is 1.48. The largest absolute Gasteiger partial charge is 0.370 e. The molecule has 7 heteroatoms. The van der Waals surface area contributed by atoms with Crippen molar-refractivity contribution >= 4 is 11.6 Å². The third-order valence-electron chi connectivity index (χ3n) is 10.7. The van der Waals surface area contributed by atoms with E-state index in [9.17, 15) is 13.6 Å². The molecule has 190 valence electrons. The van der Waals surface area contributed by atoms with E-state index in [1.165, 1.54) is 44.6 Å². The van der Waals surface area contributed by atoms with Crippen molar-refractivity contribution in [3.05, 3.63) is 29.3 Å². The number of carbonyl (C=O) groups is 1. The Balaban J connectivity index is 1.19. The van der Waals surface area contributed by atoms with Crippen molar-refractivity contribution in [2.45, 2.75) is 94.7 Å². The second-order valence-electron chi connectivity index (χ2n) is 12.6. The zero-order chi connectivity index (χ0) is 23.8. The van der Waals surface area contributed by atoms with Gasteiger partial charge in [0, 0.05) is 54.8 Å². The average molecular weight is 485 g/mol. The first-order chi connectivity index (χ1) is 17.0. The molecule has 7 aliphatic rings. The molecule has 1 aromatic rings. The van der Waals surface area contributed by atoms with Crippen molar-refractivity contribution in [1.82, 2.24) is 15.8 Å². The van der Waals surface area contributed by atoms with Gasteiger partial charge in [-0.15, -0.1) is 0 Å². The highest BCUT2D eigenvalue weighted by Crippen LogP contribution is 2.67. The van der Waals surface area contributed by atoms with Crippen molar-refractivity contribution in [3.63, 3.8) is 0 Å². The Morgan fingerprint density at radius 3 is 2.43 bits per heavy atom. The van der Waals surface area contributed by atoms with Gasteiger partial charge >= 0.3 is 0 Å². The first kappa shape index (κ1) is 22.5. The molecule has 0 spiro atoms. The Hall–Kier alpha value is -1.73. The Morgan fingerprint density at radius 1 is 0.971 bits per heavy atom. The van der Waals surface area contributed by atoms with E-state index in [-0.39, 0.29) is 11.8 Å². The topological polar surface area (TPSA) is 56.4 Å². The van der Waals surface area contributed by atoms with E-state index < -0.39 is 17.2 Å². The van der Waals surface area contributed by atoms with Crippen LogP contribution in [-0.4, -0.2) is 41.5 Å². The molecule has 1 amide bonds. The van der Waals surface area contributed by atoms with Crippen LogP contribution in [0.3, 0.4) is 0 Å². The number of likely N-dealkylation sites (tertiary alicyclic amines) is 1. The summed E-state index contributed by atoms with van der Waals surface area (Å²) >= 11 is 0. The van der Waals surface area contributed by atoms with Gasteiger partial charge in [0.1, 0.15) is 17.2 Å². The summed E-state index contributed by atoms with van der Waals surface area (Å²) in [6.07, 6.45) is 13.0. The van der Waals surface area contributed by atoms with Gasteiger partial charge in [0.2, 0.25) is 5.91 Å². The molecule has 3 heterocycles. The first-order valence-corrected chi connectivity index (χ1v) is 14.0. The maximum atomic E-state index is 14.9. The zero-order valence-corrected chi connectivity index (χ0v) is 20.6. The number of piperidine rings is 1. The fourth-order valence-electron chi connectivity index (χ4n) is 8.76. The summed E-state index contributed by atoms with van der Waals surface area (Å²) in [5.41, 5.74) is 7.71. The smallest absolute Gasteiger partial charge is 0.248 e. The zero-order valence-electron chi connectivity index (χ0n) is 20.6. The summed E-state index contributed by atoms with van der Waals surface area (Å²) in [4.78, 5) is 16.6. The number of rotatable bonds is 3. The van der Waals surface area contributed by atoms with Gasteiger partial charge in [-0.1, -0.05) is 32.1 Å². The van der Waals surface area contributed by atoms with E-state index >= 15 is 0 Å². The second-order valence-corrected chi connectivity index (χ2v) is 12.6. The van der Waals surface area contributed by atoms with Gasteiger partial charge in [0.15, 0.2) is 0 Å². The predicted octanol–water partition coefficient (Wildman–Crippen LogP) is 4.53. The predicted molar refractivity (Wildman–Crippen MR) is 131 cm³/mol. The number of hydrogen-bond acceptors (Lipinski definition) is 4. The quantitative estimate of drug-likeness (QED) is 0.590. The Kier molecular flexibility index (Phi) is 5.22. The van der Waals surface area contributed by atoms with E-state index in [0.717, 1.165) is 57.2 Å². The Bertz CT molecular complexity index is 1010. The number of fused-ring (bicyclic) bond motifs is 2. The standard InChI is InChI=1S/C28H38F2N4O/c29-19-10-22(30)20-15-28(31-24(20)11-19,18-6-4-2-1-3-5-7-18)26(35)34-9-8-23-21(16-34)25(33-32-23)27-12-17(13-27)14-27/h10-11,17-18,21,23,25,31-33H,1-9,12-16H2. The summed E-state index contributed by atoms with van der Waals surface area (Å²) in [7, 11) is 0. The van der Waals surface area contributed by atoms with E-state index in [4.69, 9.17) is 0 Å². The number of amides is 1. The van der Waals surface area contributed by atoms with Crippen LogP contribution in [0.4, 0.5) is 14.5 Å². The van der Waals surface area contributed by atoms with Crippen LogP contribution in [0.5, 0.6) is 0 Å². The van der Waals surface area contributed by atoms with Crippen molar-refractivity contribution in [1.29, 1.82) is 0 Å². The van der Waals surface area contributed by atoms with E-state index in [1.807, 2.05) is 0 Å². The van der Waals surface area contributed by atoms with Gasteiger partial charge in [-0.2, -0.15) is 0 Å². The van der Waals surface area contributed by atoms with E-state index in [0.29, 0.717) is 41.1 Å². The monoisotopic (exact) mass is 484 g/mol. The van der Waals surface area contributed by atoms with Crippen LogP contribution in [0.25, 0.3) is 0 Å². The minimum absolute atomic E-state index is 0.112. The van der Waals surface area contributed by atoms with Gasteiger partial charge in [-0.05, 0) is 61.8 Å². The van der Waals surface area contributed by atoms with Crippen LogP contribution in [-0.2, 0) is 11.2 Å². The van der Waals surface area contributed by atoms with Crippen LogP contribution in [0.2, 0.25) is 0 Å². The molecule has 0 aromatic heterocycles. The van der Waals surface area contributed by atoms with Crippen molar-refractivity contribution in [2.24, 2.45) is 23.2 Å². The molecule has 3 aliphatic heterocycles. The molecule has 4 unspecified atom stereocenters. The lowest BCUT2D eigenvalue weighted by Crippen LogP contribution is -2.65. The highest BCUT2D eigenvalue weighted by atomic mass is 19.1. The maximum absolute atomic E-state index is 14.9. The van der Waals surface area contributed by atoms with Crippen molar-refractivity contribution in [3.8, 4) is 0 Å². The summed E-state index contributed by atoms with van der Waals surface area (Å²) in [6, 6.07) is 3.20. The molecule has 6 fully saturated rings. The van der Waals surface area contributed by atoms with Crippen molar-refractivity contribution < 1.29 is 13.6 Å². The van der Waals surface area contributed by atoms with E-state index in [1.54, 1.807) is 0 Å². The number of halogens is 2.